The highest BCUT2D eigenvalue weighted by molar-refractivity contribution is 6.34. The van der Waals surface area contributed by atoms with Crippen molar-refractivity contribution in [1.29, 1.82) is 0 Å². The highest BCUT2D eigenvalue weighted by atomic mass is 35.5. The van der Waals surface area contributed by atoms with Gasteiger partial charge >= 0.3 is 0 Å². The van der Waals surface area contributed by atoms with E-state index in [1.807, 2.05) is 19.2 Å². The Morgan fingerprint density at radius 3 is 2.74 bits per heavy atom. The Bertz CT molecular complexity index is 947. The number of hydrogen-bond donors (Lipinski definition) is 1. The standard InChI is InChI=1S/C20H21Cl2N5/c1-13-16(12-27(26-13)19-11-14(21)7-8-17(19)22)18-9-10-23-20(25-18)24-15-5-3-2-4-6-15/h7-12,15H,2-6H2,1H3,(H,23,24,25). The van der Waals surface area contributed by atoms with Crippen molar-refractivity contribution in [3.05, 3.63) is 52.4 Å². The molecule has 1 saturated carbocycles. The lowest BCUT2D eigenvalue weighted by atomic mass is 9.96. The summed E-state index contributed by atoms with van der Waals surface area (Å²) in [6.45, 7) is 1.96. The quantitative estimate of drug-likeness (QED) is 0.609. The van der Waals surface area contributed by atoms with Crippen LogP contribution in [0.2, 0.25) is 10.0 Å². The average molecular weight is 402 g/mol. The predicted molar refractivity (Wildman–Crippen MR) is 110 cm³/mol. The number of rotatable bonds is 4. The van der Waals surface area contributed by atoms with Gasteiger partial charge in [-0.15, -0.1) is 0 Å². The Balaban J connectivity index is 1.63. The topological polar surface area (TPSA) is 55.6 Å². The van der Waals surface area contributed by atoms with Gasteiger partial charge in [0.05, 0.1) is 22.1 Å². The predicted octanol–water partition coefficient (Wildman–Crippen LogP) is 5.69. The van der Waals surface area contributed by atoms with Gasteiger partial charge in [0.25, 0.3) is 0 Å². The highest BCUT2D eigenvalue weighted by Crippen LogP contribution is 2.28. The largest absolute Gasteiger partial charge is 0.351 e. The number of aryl methyl sites for hydroxylation is 1. The molecule has 0 radical (unpaired) electrons. The third-order valence-corrected chi connectivity index (χ3v) is 5.48. The van der Waals surface area contributed by atoms with Gasteiger partial charge in [0.1, 0.15) is 0 Å². The summed E-state index contributed by atoms with van der Waals surface area (Å²) in [6.07, 6.45) is 9.93. The van der Waals surface area contributed by atoms with Crippen LogP contribution in [0.5, 0.6) is 0 Å². The van der Waals surface area contributed by atoms with Gasteiger partial charge < -0.3 is 5.32 Å². The molecule has 1 aliphatic carbocycles. The molecule has 4 rings (SSSR count). The number of hydrogen-bond acceptors (Lipinski definition) is 4. The second-order valence-electron chi connectivity index (χ2n) is 6.91. The monoisotopic (exact) mass is 401 g/mol. The Kier molecular flexibility index (Phi) is 5.32. The summed E-state index contributed by atoms with van der Waals surface area (Å²) < 4.78 is 1.75. The summed E-state index contributed by atoms with van der Waals surface area (Å²) in [4.78, 5) is 9.10. The molecule has 0 saturated heterocycles. The third-order valence-electron chi connectivity index (χ3n) is 4.92. The van der Waals surface area contributed by atoms with E-state index in [1.165, 1.54) is 32.1 Å². The van der Waals surface area contributed by atoms with Crippen LogP contribution >= 0.6 is 23.2 Å². The first kappa shape index (κ1) is 18.3. The molecule has 2 heterocycles. The van der Waals surface area contributed by atoms with Gasteiger partial charge in [-0.2, -0.15) is 5.10 Å². The molecular weight excluding hydrogens is 381 g/mol. The minimum Gasteiger partial charge on any atom is -0.351 e. The van der Waals surface area contributed by atoms with Crippen molar-refractivity contribution in [3.8, 4) is 16.9 Å². The SMILES string of the molecule is Cc1nn(-c2cc(Cl)ccc2Cl)cc1-c1ccnc(NC2CCCCC2)n1. The van der Waals surface area contributed by atoms with Crippen LogP contribution in [0.3, 0.4) is 0 Å². The maximum absolute atomic E-state index is 6.32. The molecule has 0 spiro atoms. The fourth-order valence-corrected chi connectivity index (χ4v) is 3.87. The lowest BCUT2D eigenvalue weighted by Gasteiger charge is -2.22. The van der Waals surface area contributed by atoms with E-state index in [0.29, 0.717) is 22.0 Å². The lowest BCUT2D eigenvalue weighted by Crippen LogP contribution is -2.23. The van der Waals surface area contributed by atoms with Crippen LogP contribution < -0.4 is 5.32 Å². The molecule has 5 nitrogen and oxygen atoms in total. The zero-order valence-corrected chi connectivity index (χ0v) is 16.6. The smallest absolute Gasteiger partial charge is 0.223 e. The number of anilines is 1. The number of halogens is 2. The van der Waals surface area contributed by atoms with E-state index in [9.17, 15) is 0 Å². The minimum atomic E-state index is 0.461. The summed E-state index contributed by atoms with van der Waals surface area (Å²) in [5, 5.41) is 9.28. The van der Waals surface area contributed by atoms with Gasteiger partial charge in [-0.05, 0) is 44.0 Å². The minimum absolute atomic E-state index is 0.461. The van der Waals surface area contributed by atoms with Gasteiger partial charge in [0, 0.05) is 29.0 Å². The van der Waals surface area contributed by atoms with Crippen LogP contribution in [0.4, 0.5) is 5.95 Å². The van der Waals surface area contributed by atoms with Crippen LogP contribution in [0, 0.1) is 6.92 Å². The number of benzene rings is 1. The molecule has 0 amide bonds. The summed E-state index contributed by atoms with van der Waals surface area (Å²) in [6, 6.07) is 7.70. The summed E-state index contributed by atoms with van der Waals surface area (Å²) in [5.41, 5.74) is 3.40. The Morgan fingerprint density at radius 1 is 1.11 bits per heavy atom. The van der Waals surface area contributed by atoms with Crippen molar-refractivity contribution in [2.75, 3.05) is 5.32 Å². The van der Waals surface area contributed by atoms with E-state index in [4.69, 9.17) is 28.2 Å². The molecule has 1 N–H and O–H groups in total. The Morgan fingerprint density at radius 2 is 1.93 bits per heavy atom. The summed E-state index contributed by atoms with van der Waals surface area (Å²) in [5.74, 6) is 0.673. The molecule has 27 heavy (non-hydrogen) atoms. The number of nitrogens with zero attached hydrogens (tertiary/aromatic N) is 4. The molecule has 1 fully saturated rings. The molecule has 0 bridgehead atoms. The molecule has 140 valence electrons. The van der Waals surface area contributed by atoms with Crippen LogP contribution in [-0.2, 0) is 0 Å². The van der Waals surface area contributed by atoms with E-state index < -0.39 is 0 Å². The van der Waals surface area contributed by atoms with Crippen molar-refractivity contribution in [2.45, 2.75) is 45.1 Å². The van der Waals surface area contributed by atoms with Gasteiger partial charge in [-0.25, -0.2) is 14.6 Å². The van der Waals surface area contributed by atoms with E-state index >= 15 is 0 Å². The first-order valence-electron chi connectivity index (χ1n) is 9.22. The molecule has 0 atom stereocenters. The Labute approximate surface area is 168 Å². The summed E-state index contributed by atoms with van der Waals surface area (Å²) in [7, 11) is 0. The highest BCUT2D eigenvalue weighted by Gasteiger charge is 2.16. The van der Waals surface area contributed by atoms with Crippen molar-refractivity contribution < 1.29 is 0 Å². The second kappa shape index (κ2) is 7.87. The maximum Gasteiger partial charge on any atom is 0.223 e. The van der Waals surface area contributed by atoms with E-state index in [0.717, 1.165) is 22.6 Å². The maximum atomic E-state index is 6.32. The molecule has 1 aromatic carbocycles. The average Bonchev–Trinajstić information content (AvgIpc) is 3.06. The molecule has 1 aliphatic rings. The fourth-order valence-electron chi connectivity index (χ4n) is 3.50. The molecule has 7 heteroatoms. The molecule has 0 unspecified atom stereocenters. The number of nitrogens with one attached hydrogen (secondary N) is 1. The van der Waals surface area contributed by atoms with Crippen LogP contribution in [-0.4, -0.2) is 25.8 Å². The van der Waals surface area contributed by atoms with Crippen molar-refractivity contribution in [2.24, 2.45) is 0 Å². The lowest BCUT2D eigenvalue weighted by molar-refractivity contribution is 0.461. The van der Waals surface area contributed by atoms with Gasteiger partial charge in [-0.3, -0.25) is 0 Å². The van der Waals surface area contributed by atoms with Gasteiger partial charge in [0.15, 0.2) is 0 Å². The third kappa shape index (κ3) is 4.09. The molecule has 0 aliphatic heterocycles. The summed E-state index contributed by atoms with van der Waals surface area (Å²) >= 11 is 12.4. The van der Waals surface area contributed by atoms with E-state index in [-0.39, 0.29) is 0 Å². The first-order chi connectivity index (χ1) is 13.1. The van der Waals surface area contributed by atoms with Gasteiger partial charge in [0.2, 0.25) is 5.95 Å². The van der Waals surface area contributed by atoms with Crippen molar-refractivity contribution in [3.63, 3.8) is 0 Å². The normalized spacial score (nSPS) is 15.1. The van der Waals surface area contributed by atoms with Gasteiger partial charge in [-0.1, -0.05) is 42.5 Å². The first-order valence-corrected chi connectivity index (χ1v) is 9.97. The van der Waals surface area contributed by atoms with Crippen molar-refractivity contribution >= 4 is 29.2 Å². The molecule has 2 aromatic heterocycles. The second-order valence-corrected chi connectivity index (χ2v) is 7.76. The van der Waals surface area contributed by atoms with Crippen molar-refractivity contribution in [1.82, 2.24) is 19.7 Å². The zero-order valence-electron chi connectivity index (χ0n) is 15.1. The van der Waals surface area contributed by atoms with E-state index in [2.05, 4.69) is 15.4 Å². The molecule has 3 aromatic rings. The van der Waals surface area contributed by atoms with Crippen LogP contribution in [0.25, 0.3) is 16.9 Å². The van der Waals surface area contributed by atoms with E-state index in [1.54, 1.807) is 29.1 Å². The zero-order chi connectivity index (χ0) is 18.8. The fraction of sp³-hybridized carbons (Fsp3) is 0.350. The Hall–Kier alpha value is -2.11. The van der Waals surface area contributed by atoms with Crippen LogP contribution in [0.15, 0.2) is 36.7 Å². The van der Waals surface area contributed by atoms with Crippen LogP contribution in [0.1, 0.15) is 37.8 Å². The number of aromatic nitrogens is 4. The molecular formula is C20H21Cl2N5.